The number of nitrogens with zero attached hydrogens (tertiary/aromatic N) is 3. The number of rotatable bonds is 3. The Morgan fingerprint density at radius 1 is 1.38 bits per heavy atom. The van der Waals surface area contributed by atoms with Gasteiger partial charge in [-0.05, 0) is 44.2 Å². The van der Waals surface area contributed by atoms with Crippen LogP contribution in [-0.2, 0) is 24.6 Å². The highest BCUT2D eigenvalue weighted by Gasteiger charge is 2.22. The number of aromatic nitrogens is 3. The summed E-state index contributed by atoms with van der Waals surface area (Å²) in [6, 6.07) is 1.85. The van der Waals surface area contributed by atoms with Crippen LogP contribution in [0.25, 0.3) is 11.4 Å². The molecule has 5 nitrogen and oxygen atoms in total. The van der Waals surface area contributed by atoms with Crippen LogP contribution in [0.2, 0.25) is 0 Å². The fraction of sp³-hybridized carbons (Fsp3) is 0.438. The van der Waals surface area contributed by atoms with E-state index in [0.29, 0.717) is 12.2 Å². The van der Waals surface area contributed by atoms with Crippen LogP contribution in [0.15, 0.2) is 18.6 Å². The van der Waals surface area contributed by atoms with Crippen LogP contribution in [0.5, 0.6) is 0 Å². The van der Waals surface area contributed by atoms with Gasteiger partial charge in [0, 0.05) is 12.7 Å². The highest BCUT2D eigenvalue weighted by molar-refractivity contribution is 5.92. The van der Waals surface area contributed by atoms with E-state index in [4.69, 9.17) is 9.72 Å². The molecular formula is C16H19N3O2. The third-order valence-electron chi connectivity index (χ3n) is 3.87. The van der Waals surface area contributed by atoms with Crippen molar-refractivity contribution in [1.82, 2.24) is 14.5 Å². The lowest BCUT2D eigenvalue weighted by atomic mass is 9.91. The molecule has 3 rings (SSSR count). The Balaban J connectivity index is 2.13. The molecule has 0 saturated heterocycles. The first-order valence-corrected chi connectivity index (χ1v) is 7.37. The number of carbonyl (C=O) groups excluding carboxylic acids is 1. The van der Waals surface area contributed by atoms with E-state index in [1.807, 2.05) is 24.6 Å². The largest absolute Gasteiger partial charge is 0.462 e. The molecule has 0 radical (unpaired) electrons. The molecule has 0 spiro atoms. The average Bonchev–Trinajstić information content (AvgIpc) is 2.92. The monoisotopic (exact) mass is 285 g/mol. The molecule has 0 fully saturated rings. The van der Waals surface area contributed by atoms with Crippen LogP contribution < -0.4 is 0 Å². The smallest absolute Gasteiger partial charge is 0.338 e. The predicted molar refractivity (Wildman–Crippen MR) is 79.0 cm³/mol. The van der Waals surface area contributed by atoms with Crippen molar-refractivity contribution in [2.24, 2.45) is 7.05 Å². The van der Waals surface area contributed by atoms with Crippen LogP contribution in [0, 0.1) is 0 Å². The zero-order chi connectivity index (χ0) is 14.8. The lowest BCUT2D eigenvalue weighted by Crippen LogP contribution is -2.15. The van der Waals surface area contributed by atoms with E-state index in [1.54, 1.807) is 12.5 Å². The van der Waals surface area contributed by atoms with Crippen LogP contribution in [0.1, 0.15) is 41.4 Å². The third-order valence-corrected chi connectivity index (χ3v) is 3.87. The fourth-order valence-electron chi connectivity index (χ4n) is 2.83. The lowest BCUT2D eigenvalue weighted by Gasteiger charge is -2.19. The van der Waals surface area contributed by atoms with Crippen molar-refractivity contribution >= 4 is 5.97 Å². The van der Waals surface area contributed by atoms with Crippen molar-refractivity contribution in [2.45, 2.75) is 32.6 Å². The molecule has 0 bridgehead atoms. The summed E-state index contributed by atoms with van der Waals surface area (Å²) >= 11 is 0. The van der Waals surface area contributed by atoms with Gasteiger partial charge in [-0.2, -0.15) is 0 Å². The highest BCUT2D eigenvalue weighted by atomic mass is 16.5. The summed E-state index contributed by atoms with van der Waals surface area (Å²) < 4.78 is 7.12. The first-order valence-electron chi connectivity index (χ1n) is 7.37. The molecule has 0 atom stereocenters. The van der Waals surface area contributed by atoms with Gasteiger partial charge in [-0.1, -0.05) is 0 Å². The van der Waals surface area contributed by atoms with Gasteiger partial charge in [0.2, 0.25) is 0 Å². The van der Waals surface area contributed by atoms with Gasteiger partial charge >= 0.3 is 5.97 Å². The van der Waals surface area contributed by atoms with E-state index < -0.39 is 0 Å². The second kappa shape index (κ2) is 5.68. The van der Waals surface area contributed by atoms with Crippen molar-refractivity contribution in [3.63, 3.8) is 0 Å². The molecule has 2 aromatic heterocycles. The van der Waals surface area contributed by atoms with Crippen LogP contribution in [-0.4, -0.2) is 27.1 Å². The van der Waals surface area contributed by atoms with Gasteiger partial charge in [0.15, 0.2) is 0 Å². The zero-order valence-corrected chi connectivity index (χ0v) is 12.4. The number of carbonyl (C=O) groups is 1. The average molecular weight is 285 g/mol. The van der Waals surface area contributed by atoms with E-state index >= 15 is 0 Å². The minimum absolute atomic E-state index is 0.249. The number of imidazole rings is 1. The van der Waals surface area contributed by atoms with Gasteiger partial charge in [0.05, 0.1) is 36.1 Å². The summed E-state index contributed by atoms with van der Waals surface area (Å²) in [4.78, 5) is 21.1. The Morgan fingerprint density at radius 2 is 2.19 bits per heavy atom. The summed E-state index contributed by atoms with van der Waals surface area (Å²) in [5.41, 5.74) is 4.46. The van der Waals surface area contributed by atoms with Gasteiger partial charge in [-0.15, -0.1) is 0 Å². The molecule has 0 aromatic carbocycles. The first kappa shape index (κ1) is 13.8. The van der Waals surface area contributed by atoms with E-state index in [2.05, 4.69) is 4.98 Å². The molecular weight excluding hydrogens is 266 g/mol. The fourth-order valence-corrected chi connectivity index (χ4v) is 2.83. The van der Waals surface area contributed by atoms with Gasteiger partial charge < -0.3 is 9.30 Å². The molecule has 2 aromatic rings. The molecule has 0 unspecified atom stereocenters. The summed E-state index contributed by atoms with van der Waals surface area (Å²) in [5.74, 6) is -0.249. The number of esters is 1. The van der Waals surface area contributed by atoms with Crippen molar-refractivity contribution in [1.29, 1.82) is 0 Å². The normalized spacial score (nSPS) is 13.8. The van der Waals surface area contributed by atoms with Crippen molar-refractivity contribution in [3.05, 3.63) is 35.4 Å². The molecule has 0 amide bonds. The highest BCUT2D eigenvalue weighted by Crippen LogP contribution is 2.28. The molecule has 0 saturated carbocycles. The summed E-state index contributed by atoms with van der Waals surface area (Å²) in [6.07, 6.45) is 7.56. The van der Waals surface area contributed by atoms with E-state index in [0.717, 1.165) is 48.3 Å². The Labute approximate surface area is 124 Å². The summed E-state index contributed by atoms with van der Waals surface area (Å²) in [5, 5.41) is 0. The number of ether oxygens (including phenoxy) is 1. The van der Waals surface area contributed by atoms with Crippen molar-refractivity contribution in [2.75, 3.05) is 6.61 Å². The molecule has 5 heteroatoms. The van der Waals surface area contributed by atoms with Crippen molar-refractivity contribution < 1.29 is 9.53 Å². The maximum absolute atomic E-state index is 12.3. The van der Waals surface area contributed by atoms with E-state index in [9.17, 15) is 4.79 Å². The topological polar surface area (TPSA) is 57.0 Å². The lowest BCUT2D eigenvalue weighted by molar-refractivity contribution is 0.0524. The molecule has 2 heterocycles. The minimum Gasteiger partial charge on any atom is -0.462 e. The quantitative estimate of drug-likeness (QED) is 0.813. The first-order chi connectivity index (χ1) is 10.2. The maximum atomic E-state index is 12.3. The second-order valence-electron chi connectivity index (χ2n) is 5.30. The zero-order valence-electron chi connectivity index (χ0n) is 12.4. The minimum atomic E-state index is -0.249. The number of pyridine rings is 1. The van der Waals surface area contributed by atoms with Crippen LogP contribution in [0.4, 0.5) is 0 Å². The summed E-state index contributed by atoms with van der Waals surface area (Å²) in [7, 11) is 1.92. The van der Waals surface area contributed by atoms with Crippen molar-refractivity contribution in [3.8, 4) is 11.4 Å². The number of hydrogen-bond acceptors (Lipinski definition) is 4. The molecule has 0 aliphatic heterocycles. The van der Waals surface area contributed by atoms with Gasteiger partial charge in [0.1, 0.15) is 0 Å². The predicted octanol–water partition coefficient (Wildman–Crippen LogP) is 2.54. The molecule has 0 N–H and O–H groups in total. The van der Waals surface area contributed by atoms with E-state index in [1.165, 1.54) is 0 Å². The van der Waals surface area contributed by atoms with Crippen LogP contribution >= 0.6 is 0 Å². The third kappa shape index (κ3) is 2.55. The number of hydrogen-bond donors (Lipinski definition) is 0. The van der Waals surface area contributed by atoms with Gasteiger partial charge in [0.25, 0.3) is 0 Å². The molecule has 110 valence electrons. The molecule has 21 heavy (non-hydrogen) atoms. The second-order valence-corrected chi connectivity index (χ2v) is 5.30. The molecule has 1 aliphatic rings. The van der Waals surface area contributed by atoms with E-state index in [-0.39, 0.29) is 5.97 Å². The van der Waals surface area contributed by atoms with Gasteiger partial charge in [-0.3, -0.25) is 4.98 Å². The Kier molecular flexibility index (Phi) is 3.73. The van der Waals surface area contributed by atoms with Crippen LogP contribution in [0.3, 0.4) is 0 Å². The standard InChI is InChI=1S/C16H19N3O2/c1-3-21-16(20)12-8-14(15-9-17-10-19(15)2)18-13-7-5-4-6-11(12)13/h8-10H,3-7H2,1-2H3. The SMILES string of the molecule is CCOC(=O)c1cc(-c2cncn2C)nc2c1CCCC2. The summed E-state index contributed by atoms with van der Waals surface area (Å²) in [6.45, 7) is 2.21. The number of aryl methyl sites for hydroxylation is 2. The number of fused-ring (bicyclic) bond motifs is 1. The van der Waals surface area contributed by atoms with Gasteiger partial charge in [-0.25, -0.2) is 9.78 Å². The molecule has 1 aliphatic carbocycles. The Bertz CT molecular complexity index is 676. The maximum Gasteiger partial charge on any atom is 0.338 e. The Hall–Kier alpha value is -2.17. The Morgan fingerprint density at radius 3 is 2.90 bits per heavy atom.